The minimum absolute atomic E-state index is 0.170. The first-order valence-corrected chi connectivity index (χ1v) is 6.85. The van der Waals surface area contributed by atoms with Gasteiger partial charge in [0.15, 0.2) is 6.61 Å². The van der Waals surface area contributed by atoms with Crippen molar-refractivity contribution in [3.63, 3.8) is 0 Å². The zero-order valence-electron chi connectivity index (χ0n) is 10.9. The molecule has 0 aliphatic rings. The minimum atomic E-state index is -0.381. The third-order valence-electron chi connectivity index (χ3n) is 2.45. The van der Waals surface area contributed by atoms with Crippen LogP contribution in [0.1, 0.15) is 5.56 Å². The average Bonchev–Trinajstić information content (AvgIpc) is 2.46. The van der Waals surface area contributed by atoms with Gasteiger partial charge in [0.1, 0.15) is 5.75 Å². The van der Waals surface area contributed by atoms with Gasteiger partial charge in [-0.1, -0.05) is 47.5 Å². The molecule has 1 N–H and O–H groups in total. The molecule has 0 aliphatic heterocycles. The van der Waals surface area contributed by atoms with Crippen LogP contribution in [0.2, 0.25) is 10.0 Å². The van der Waals surface area contributed by atoms with Crippen molar-refractivity contribution in [2.24, 2.45) is 5.10 Å². The van der Waals surface area contributed by atoms with Crippen molar-refractivity contribution in [2.45, 2.75) is 0 Å². The zero-order chi connectivity index (χ0) is 15.1. The summed E-state index contributed by atoms with van der Waals surface area (Å²) in [5.74, 6) is 0.0707. The van der Waals surface area contributed by atoms with Gasteiger partial charge in [-0.25, -0.2) is 5.43 Å². The number of para-hydroxylation sites is 1. The Morgan fingerprint density at radius 3 is 2.76 bits per heavy atom. The molecule has 21 heavy (non-hydrogen) atoms. The molecule has 0 spiro atoms. The number of carbonyl (C=O) groups is 1. The predicted octanol–water partition coefficient (Wildman–Crippen LogP) is 3.52. The molecule has 0 aliphatic carbocycles. The van der Waals surface area contributed by atoms with Gasteiger partial charge in [0, 0.05) is 5.02 Å². The molecule has 0 saturated carbocycles. The first-order chi connectivity index (χ1) is 10.1. The van der Waals surface area contributed by atoms with Crippen LogP contribution < -0.4 is 10.2 Å². The van der Waals surface area contributed by atoms with Gasteiger partial charge in [0.05, 0.1) is 11.2 Å². The number of carbonyl (C=O) groups excluding carboxylic acids is 1. The van der Waals surface area contributed by atoms with Crippen LogP contribution in [0.25, 0.3) is 0 Å². The standard InChI is InChI=1S/C15H12Cl2N2O2/c16-12-5-3-4-11(8-12)9-18-19-15(20)10-21-14-7-2-1-6-13(14)17/h1-9H,10H2,(H,19,20). The molecule has 108 valence electrons. The molecule has 0 saturated heterocycles. The second-order valence-corrected chi connectivity index (χ2v) is 4.91. The Hall–Kier alpha value is -2.04. The van der Waals surface area contributed by atoms with Crippen molar-refractivity contribution >= 4 is 35.3 Å². The van der Waals surface area contributed by atoms with Gasteiger partial charge in [-0.05, 0) is 29.8 Å². The summed E-state index contributed by atoms with van der Waals surface area (Å²) in [6, 6.07) is 14.0. The number of halogens is 2. The van der Waals surface area contributed by atoms with E-state index in [0.717, 1.165) is 5.56 Å². The van der Waals surface area contributed by atoms with Crippen molar-refractivity contribution in [2.75, 3.05) is 6.61 Å². The summed E-state index contributed by atoms with van der Waals surface area (Å²) in [5, 5.41) is 4.88. The summed E-state index contributed by atoms with van der Waals surface area (Å²) < 4.78 is 5.28. The fourth-order valence-electron chi connectivity index (χ4n) is 1.50. The molecule has 2 aromatic carbocycles. The van der Waals surface area contributed by atoms with Gasteiger partial charge in [0.2, 0.25) is 0 Å². The Morgan fingerprint density at radius 2 is 2.00 bits per heavy atom. The summed E-state index contributed by atoms with van der Waals surface area (Å²) >= 11 is 11.7. The Balaban J connectivity index is 1.81. The number of hydrazone groups is 1. The van der Waals surface area contributed by atoms with Crippen LogP contribution in [0.4, 0.5) is 0 Å². The van der Waals surface area contributed by atoms with Crippen molar-refractivity contribution in [3.05, 3.63) is 64.1 Å². The van der Waals surface area contributed by atoms with E-state index < -0.39 is 0 Å². The van der Waals surface area contributed by atoms with E-state index in [-0.39, 0.29) is 12.5 Å². The van der Waals surface area contributed by atoms with E-state index >= 15 is 0 Å². The van der Waals surface area contributed by atoms with Crippen molar-refractivity contribution in [1.29, 1.82) is 0 Å². The molecule has 6 heteroatoms. The Bertz CT molecular complexity index is 660. The Morgan fingerprint density at radius 1 is 1.19 bits per heavy atom. The quantitative estimate of drug-likeness (QED) is 0.676. The molecule has 0 aromatic heterocycles. The van der Waals surface area contributed by atoms with Gasteiger partial charge in [-0.3, -0.25) is 4.79 Å². The SMILES string of the molecule is O=C(COc1ccccc1Cl)NN=Cc1cccc(Cl)c1. The highest BCUT2D eigenvalue weighted by atomic mass is 35.5. The molecule has 0 fully saturated rings. The summed E-state index contributed by atoms with van der Waals surface area (Å²) in [6.45, 7) is -0.170. The van der Waals surface area contributed by atoms with Crippen molar-refractivity contribution < 1.29 is 9.53 Å². The first kappa shape index (κ1) is 15.4. The highest BCUT2D eigenvalue weighted by Crippen LogP contribution is 2.22. The number of ether oxygens (including phenoxy) is 1. The molecular weight excluding hydrogens is 311 g/mol. The fraction of sp³-hybridized carbons (Fsp3) is 0.0667. The molecule has 0 atom stereocenters. The van der Waals surface area contributed by atoms with Gasteiger partial charge >= 0.3 is 0 Å². The Kier molecular flexibility index (Phi) is 5.60. The lowest BCUT2D eigenvalue weighted by molar-refractivity contribution is -0.123. The molecule has 0 bridgehead atoms. The van der Waals surface area contributed by atoms with Crippen LogP contribution >= 0.6 is 23.2 Å². The van der Waals surface area contributed by atoms with Gasteiger partial charge in [-0.2, -0.15) is 5.10 Å². The zero-order valence-corrected chi connectivity index (χ0v) is 12.4. The third kappa shape index (κ3) is 5.10. The molecule has 4 nitrogen and oxygen atoms in total. The summed E-state index contributed by atoms with van der Waals surface area (Å²) in [6.07, 6.45) is 1.50. The molecule has 0 unspecified atom stereocenters. The fourth-order valence-corrected chi connectivity index (χ4v) is 1.89. The topological polar surface area (TPSA) is 50.7 Å². The van der Waals surface area contributed by atoms with E-state index in [0.29, 0.717) is 15.8 Å². The molecular formula is C15H12Cl2N2O2. The maximum atomic E-state index is 11.6. The van der Waals surface area contributed by atoms with Gasteiger partial charge < -0.3 is 4.74 Å². The summed E-state index contributed by atoms with van der Waals surface area (Å²) in [4.78, 5) is 11.6. The van der Waals surface area contributed by atoms with Crippen LogP contribution in [-0.2, 0) is 4.79 Å². The third-order valence-corrected chi connectivity index (χ3v) is 2.99. The highest BCUT2D eigenvalue weighted by Gasteiger charge is 2.04. The smallest absolute Gasteiger partial charge is 0.277 e. The lowest BCUT2D eigenvalue weighted by Crippen LogP contribution is -2.24. The normalized spacial score (nSPS) is 10.6. The lowest BCUT2D eigenvalue weighted by atomic mass is 10.2. The molecule has 1 amide bonds. The highest BCUT2D eigenvalue weighted by molar-refractivity contribution is 6.32. The average molecular weight is 323 g/mol. The minimum Gasteiger partial charge on any atom is -0.482 e. The number of nitrogens with zero attached hydrogens (tertiary/aromatic N) is 1. The molecule has 2 aromatic rings. The second-order valence-electron chi connectivity index (χ2n) is 4.07. The van der Waals surface area contributed by atoms with Crippen molar-refractivity contribution in [1.82, 2.24) is 5.43 Å². The predicted molar refractivity (Wildman–Crippen MR) is 84.1 cm³/mol. The van der Waals surface area contributed by atoms with Crippen LogP contribution in [0.3, 0.4) is 0 Å². The second kappa shape index (κ2) is 7.67. The van der Waals surface area contributed by atoms with E-state index in [9.17, 15) is 4.79 Å². The van der Waals surface area contributed by atoms with E-state index in [1.165, 1.54) is 6.21 Å². The van der Waals surface area contributed by atoms with Crippen molar-refractivity contribution in [3.8, 4) is 5.75 Å². The van der Waals surface area contributed by atoms with E-state index in [4.69, 9.17) is 27.9 Å². The maximum absolute atomic E-state index is 11.6. The van der Waals surface area contributed by atoms with Crippen LogP contribution in [0.5, 0.6) is 5.75 Å². The van der Waals surface area contributed by atoms with Gasteiger partial charge in [-0.15, -0.1) is 0 Å². The molecule has 0 radical (unpaired) electrons. The first-order valence-electron chi connectivity index (χ1n) is 6.10. The van der Waals surface area contributed by atoms with E-state index in [1.54, 1.807) is 42.5 Å². The van der Waals surface area contributed by atoms with Crippen LogP contribution in [-0.4, -0.2) is 18.7 Å². The number of rotatable bonds is 5. The Labute approximate surface area is 132 Å². The van der Waals surface area contributed by atoms with Crippen LogP contribution in [0, 0.1) is 0 Å². The van der Waals surface area contributed by atoms with Gasteiger partial charge in [0.25, 0.3) is 5.91 Å². The maximum Gasteiger partial charge on any atom is 0.277 e. The number of amides is 1. The number of nitrogens with one attached hydrogen (secondary N) is 1. The van der Waals surface area contributed by atoms with E-state index in [1.807, 2.05) is 6.07 Å². The summed E-state index contributed by atoms with van der Waals surface area (Å²) in [5.41, 5.74) is 3.15. The monoisotopic (exact) mass is 322 g/mol. The van der Waals surface area contributed by atoms with Crippen LogP contribution in [0.15, 0.2) is 53.6 Å². The molecule has 0 heterocycles. The largest absolute Gasteiger partial charge is 0.482 e. The lowest BCUT2D eigenvalue weighted by Gasteiger charge is -2.06. The number of benzene rings is 2. The number of hydrogen-bond donors (Lipinski definition) is 1. The van der Waals surface area contributed by atoms with E-state index in [2.05, 4.69) is 10.5 Å². The molecule has 2 rings (SSSR count). The summed E-state index contributed by atoms with van der Waals surface area (Å²) in [7, 11) is 0. The number of hydrogen-bond acceptors (Lipinski definition) is 3.